The van der Waals surface area contributed by atoms with Gasteiger partial charge in [-0.2, -0.15) is 0 Å². The van der Waals surface area contributed by atoms with Gasteiger partial charge in [-0.25, -0.2) is 4.79 Å². The minimum atomic E-state index is -0.811. The minimum Gasteiger partial charge on any atom is -0.326 e. The fourth-order valence-electron chi connectivity index (χ4n) is 5.22. The van der Waals surface area contributed by atoms with Crippen LogP contribution in [0.3, 0.4) is 0 Å². The number of urea groups is 1. The van der Waals surface area contributed by atoms with Crippen molar-refractivity contribution in [1.82, 2.24) is 15.1 Å². The van der Waals surface area contributed by atoms with Crippen LogP contribution >= 0.6 is 11.6 Å². The Labute approximate surface area is 239 Å². The highest BCUT2D eigenvalue weighted by atomic mass is 35.5. The normalized spacial score (nSPS) is 17.4. The highest BCUT2D eigenvalue weighted by Gasteiger charge is 2.47. The van der Waals surface area contributed by atoms with E-state index in [1.807, 2.05) is 62.4 Å². The van der Waals surface area contributed by atoms with E-state index in [1.54, 1.807) is 35.2 Å². The van der Waals surface area contributed by atoms with E-state index in [-0.39, 0.29) is 30.9 Å². The van der Waals surface area contributed by atoms with E-state index in [0.717, 1.165) is 22.3 Å². The average molecular weight is 555 g/mol. The van der Waals surface area contributed by atoms with Gasteiger partial charge in [0.1, 0.15) is 6.04 Å². The fraction of sp³-hybridized carbons (Fsp3) is 0.219. The number of aryl methyl sites for hydroxylation is 2. The quantitative estimate of drug-likeness (QED) is 0.358. The molecular weight excluding hydrogens is 524 g/mol. The summed E-state index contributed by atoms with van der Waals surface area (Å²) in [6.45, 7) is 8.15. The van der Waals surface area contributed by atoms with Gasteiger partial charge in [0.25, 0.3) is 5.91 Å². The molecule has 2 atom stereocenters. The summed E-state index contributed by atoms with van der Waals surface area (Å²) < 4.78 is 0. The molecule has 0 spiro atoms. The van der Waals surface area contributed by atoms with Crippen LogP contribution in [0, 0.1) is 13.8 Å². The molecule has 0 bridgehead atoms. The van der Waals surface area contributed by atoms with Crippen molar-refractivity contribution in [3.63, 3.8) is 0 Å². The maximum atomic E-state index is 14.2. The summed E-state index contributed by atoms with van der Waals surface area (Å²) in [7, 11) is 0. The molecule has 3 aromatic carbocycles. The van der Waals surface area contributed by atoms with Gasteiger partial charge in [0.15, 0.2) is 0 Å². The number of amides is 4. The van der Waals surface area contributed by atoms with Gasteiger partial charge in [-0.05, 0) is 60.4 Å². The van der Waals surface area contributed by atoms with E-state index in [1.165, 1.54) is 4.90 Å². The van der Waals surface area contributed by atoms with Crippen LogP contribution in [0.2, 0.25) is 5.02 Å². The predicted octanol–water partition coefficient (Wildman–Crippen LogP) is 5.56. The molecule has 0 aromatic heterocycles. The molecule has 0 saturated heterocycles. The second-order valence-electron chi connectivity index (χ2n) is 10.1. The third-order valence-corrected chi connectivity index (χ3v) is 7.74. The van der Waals surface area contributed by atoms with Crippen molar-refractivity contribution in [1.29, 1.82) is 0 Å². The lowest BCUT2D eigenvalue weighted by Crippen LogP contribution is -2.47. The van der Waals surface area contributed by atoms with E-state index in [0.29, 0.717) is 28.4 Å². The third kappa shape index (κ3) is 5.38. The van der Waals surface area contributed by atoms with Crippen LogP contribution in [0.5, 0.6) is 0 Å². The zero-order valence-corrected chi connectivity index (χ0v) is 23.2. The first-order chi connectivity index (χ1) is 19.3. The summed E-state index contributed by atoms with van der Waals surface area (Å²) in [5.41, 5.74) is 5.52. The Hall–Kier alpha value is -4.36. The fourth-order valence-corrected chi connectivity index (χ4v) is 5.35. The van der Waals surface area contributed by atoms with Crippen molar-refractivity contribution >= 4 is 35.1 Å². The van der Waals surface area contributed by atoms with Crippen LogP contribution in [0.4, 0.5) is 10.5 Å². The largest absolute Gasteiger partial charge is 0.326 e. The molecule has 8 heteroatoms. The second-order valence-corrected chi connectivity index (χ2v) is 10.6. The molecule has 7 nitrogen and oxygen atoms in total. The number of halogens is 1. The summed E-state index contributed by atoms with van der Waals surface area (Å²) in [5, 5.41) is 6.55. The summed E-state index contributed by atoms with van der Waals surface area (Å²) in [6.07, 6.45) is 1.94. The van der Waals surface area contributed by atoms with Crippen molar-refractivity contribution in [3.8, 4) is 0 Å². The molecule has 5 rings (SSSR count). The van der Waals surface area contributed by atoms with Crippen molar-refractivity contribution in [2.24, 2.45) is 0 Å². The SMILES string of the molecule is C=CCN1C(=O)NC(c2ccc(Cl)cc2)C2=C1CN(C(Cc1ccccc1)C(=O)Nc1ccc(C)c(C)c1)C2=O. The molecule has 4 amide bonds. The summed E-state index contributed by atoms with van der Waals surface area (Å²) in [5.74, 6) is -0.585. The lowest BCUT2D eigenvalue weighted by atomic mass is 9.95. The van der Waals surface area contributed by atoms with E-state index < -0.39 is 12.1 Å². The molecule has 40 heavy (non-hydrogen) atoms. The van der Waals surface area contributed by atoms with Crippen LogP contribution in [0.15, 0.2) is 96.7 Å². The van der Waals surface area contributed by atoms with E-state index in [9.17, 15) is 14.4 Å². The van der Waals surface area contributed by atoms with Gasteiger partial charge < -0.3 is 15.5 Å². The van der Waals surface area contributed by atoms with Crippen LogP contribution < -0.4 is 10.6 Å². The van der Waals surface area contributed by atoms with Gasteiger partial charge in [0.2, 0.25) is 5.91 Å². The molecule has 3 aromatic rings. The average Bonchev–Trinajstić information content (AvgIpc) is 3.28. The Balaban J connectivity index is 1.52. The molecular formula is C32H31ClN4O3. The lowest BCUT2D eigenvalue weighted by molar-refractivity contribution is -0.134. The number of anilines is 1. The number of rotatable bonds is 8. The summed E-state index contributed by atoms with van der Waals surface area (Å²) >= 11 is 6.11. The van der Waals surface area contributed by atoms with Gasteiger partial charge >= 0.3 is 6.03 Å². The first-order valence-electron chi connectivity index (χ1n) is 13.2. The number of carbonyl (C=O) groups is 3. The monoisotopic (exact) mass is 554 g/mol. The molecule has 2 N–H and O–H groups in total. The summed E-state index contributed by atoms with van der Waals surface area (Å²) in [4.78, 5) is 44.3. The maximum Gasteiger partial charge on any atom is 0.322 e. The van der Waals surface area contributed by atoms with Crippen LogP contribution in [-0.4, -0.2) is 46.8 Å². The second kappa shape index (κ2) is 11.4. The van der Waals surface area contributed by atoms with Crippen molar-refractivity contribution in [2.45, 2.75) is 32.4 Å². The van der Waals surface area contributed by atoms with Gasteiger partial charge in [-0.1, -0.05) is 66.2 Å². The zero-order valence-electron chi connectivity index (χ0n) is 22.5. The molecule has 0 saturated carbocycles. The molecule has 2 aliphatic rings. The molecule has 2 aliphatic heterocycles. The van der Waals surface area contributed by atoms with Crippen LogP contribution in [0.1, 0.15) is 28.3 Å². The molecule has 0 aliphatic carbocycles. The van der Waals surface area contributed by atoms with E-state index in [4.69, 9.17) is 11.6 Å². The van der Waals surface area contributed by atoms with Crippen LogP contribution in [-0.2, 0) is 16.0 Å². The van der Waals surface area contributed by atoms with Crippen molar-refractivity contribution in [2.75, 3.05) is 18.4 Å². The van der Waals surface area contributed by atoms with Gasteiger partial charge in [-0.3, -0.25) is 14.5 Å². The minimum absolute atomic E-state index is 0.122. The smallest absolute Gasteiger partial charge is 0.322 e. The third-order valence-electron chi connectivity index (χ3n) is 7.49. The Morgan fingerprint density at radius 3 is 2.48 bits per heavy atom. The summed E-state index contributed by atoms with van der Waals surface area (Å²) in [6, 6.07) is 20.6. The lowest BCUT2D eigenvalue weighted by Gasteiger charge is -2.33. The number of nitrogens with one attached hydrogen (secondary N) is 2. The Bertz CT molecular complexity index is 1500. The highest BCUT2D eigenvalue weighted by Crippen LogP contribution is 2.38. The van der Waals surface area contributed by atoms with Crippen molar-refractivity contribution < 1.29 is 14.4 Å². The first-order valence-corrected chi connectivity index (χ1v) is 13.5. The number of carbonyl (C=O) groups excluding carboxylic acids is 3. The zero-order chi connectivity index (χ0) is 28.4. The van der Waals surface area contributed by atoms with Gasteiger partial charge in [-0.15, -0.1) is 6.58 Å². The Morgan fingerprint density at radius 2 is 1.80 bits per heavy atom. The van der Waals surface area contributed by atoms with E-state index in [2.05, 4.69) is 17.2 Å². The first kappa shape index (κ1) is 27.2. The highest BCUT2D eigenvalue weighted by molar-refractivity contribution is 6.30. The van der Waals surface area contributed by atoms with Crippen LogP contribution in [0.25, 0.3) is 0 Å². The molecule has 204 valence electrons. The Kier molecular flexibility index (Phi) is 7.76. The molecule has 0 fully saturated rings. The number of benzene rings is 3. The number of hydrogen-bond acceptors (Lipinski definition) is 3. The standard InChI is InChI=1S/C32H31ClN4O3/c1-4-16-36-27-19-37(31(39)28(27)29(35-32(36)40)23-11-13-24(33)14-12-23)26(18-22-8-6-5-7-9-22)30(38)34-25-15-10-20(2)21(3)17-25/h4-15,17,26,29H,1,16,18-19H2,2-3H3,(H,34,38)(H,35,40). The van der Waals surface area contributed by atoms with E-state index >= 15 is 0 Å². The Morgan fingerprint density at radius 1 is 1.07 bits per heavy atom. The maximum absolute atomic E-state index is 14.2. The topological polar surface area (TPSA) is 81.8 Å². The molecule has 2 unspecified atom stereocenters. The number of hydrogen-bond donors (Lipinski definition) is 2. The molecule has 0 radical (unpaired) electrons. The number of nitrogens with zero attached hydrogens (tertiary/aromatic N) is 2. The van der Waals surface area contributed by atoms with Gasteiger partial charge in [0, 0.05) is 23.7 Å². The van der Waals surface area contributed by atoms with Gasteiger partial charge in [0.05, 0.1) is 23.9 Å². The predicted molar refractivity (Wildman–Crippen MR) is 157 cm³/mol. The molecule has 2 heterocycles. The van der Waals surface area contributed by atoms with Crippen molar-refractivity contribution in [3.05, 3.63) is 124 Å².